The van der Waals surface area contributed by atoms with Gasteiger partial charge in [0.1, 0.15) is 12.2 Å². The monoisotopic (exact) mass is 418 g/mol. The van der Waals surface area contributed by atoms with E-state index in [1.54, 1.807) is 18.3 Å². The zero-order valence-corrected chi connectivity index (χ0v) is 17.9. The molecule has 31 heavy (non-hydrogen) atoms. The van der Waals surface area contributed by atoms with E-state index in [0.29, 0.717) is 29.6 Å². The van der Waals surface area contributed by atoms with Gasteiger partial charge in [-0.05, 0) is 44.5 Å². The smallest absolute Gasteiger partial charge is 0.407 e. The third kappa shape index (κ3) is 7.54. The van der Waals surface area contributed by atoms with Crippen molar-refractivity contribution in [3.05, 3.63) is 72.2 Å². The van der Waals surface area contributed by atoms with Crippen LogP contribution in [-0.4, -0.2) is 39.8 Å². The molecule has 0 spiro atoms. The van der Waals surface area contributed by atoms with Gasteiger partial charge in [0, 0.05) is 12.3 Å². The number of carbonyl (C=O) groups is 1. The molecule has 0 aliphatic heterocycles. The zero-order valence-electron chi connectivity index (χ0n) is 17.9. The highest BCUT2D eigenvalue weighted by atomic mass is 16.6. The molecule has 0 radical (unpaired) electrons. The molecule has 0 aliphatic carbocycles. The van der Waals surface area contributed by atoms with E-state index >= 15 is 0 Å². The van der Waals surface area contributed by atoms with Gasteiger partial charge in [-0.1, -0.05) is 42.5 Å². The third-order valence-corrected chi connectivity index (χ3v) is 3.90. The molecule has 0 fully saturated rings. The fourth-order valence-corrected chi connectivity index (χ4v) is 2.59. The van der Waals surface area contributed by atoms with Crippen molar-refractivity contribution < 1.29 is 14.3 Å². The summed E-state index contributed by atoms with van der Waals surface area (Å²) in [5.41, 5.74) is 1.91. The highest BCUT2D eigenvalue weighted by Gasteiger charge is 2.15. The Labute approximate surface area is 182 Å². The number of pyridine rings is 1. The summed E-state index contributed by atoms with van der Waals surface area (Å²) < 4.78 is 10.8. The molecule has 1 amide bonds. The molecule has 0 atom stereocenters. The van der Waals surface area contributed by atoms with E-state index < -0.39 is 11.7 Å². The van der Waals surface area contributed by atoms with Gasteiger partial charge in [0.15, 0.2) is 5.82 Å². The van der Waals surface area contributed by atoms with Crippen LogP contribution < -0.4 is 10.1 Å². The minimum atomic E-state index is -0.534. The summed E-state index contributed by atoms with van der Waals surface area (Å²) in [6.45, 7) is 6.02. The van der Waals surface area contributed by atoms with E-state index in [4.69, 9.17) is 9.47 Å². The Bertz CT molecular complexity index is 1030. The van der Waals surface area contributed by atoms with Crippen LogP contribution in [0.5, 0.6) is 5.88 Å². The van der Waals surface area contributed by atoms with E-state index in [-0.39, 0.29) is 6.61 Å². The van der Waals surface area contributed by atoms with Crippen LogP contribution in [0.3, 0.4) is 0 Å². The maximum Gasteiger partial charge on any atom is 0.407 e. The van der Waals surface area contributed by atoms with Gasteiger partial charge in [-0.15, -0.1) is 0 Å². The number of ether oxygens (including phenoxy) is 2. The van der Waals surface area contributed by atoms with E-state index in [2.05, 4.69) is 20.3 Å². The van der Waals surface area contributed by atoms with Gasteiger partial charge >= 0.3 is 6.09 Å². The maximum atomic E-state index is 11.7. The molecule has 7 nitrogen and oxygen atoms in total. The van der Waals surface area contributed by atoms with Gasteiger partial charge in [0.2, 0.25) is 5.88 Å². The van der Waals surface area contributed by atoms with Gasteiger partial charge in [-0.3, -0.25) is 0 Å². The Kier molecular flexibility index (Phi) is 7.32. The third-order valence-electron chi connectivity index (χ3n) is 3.90. The molecule has 1 aromatic carbocycles. The number of aromatic nitrogens is 3. The van der Waals surface area contributed by atoms with Crippen molar-refractivity contribution in [2.75, 3.05) is 13.2 Å². The SMILES string of the molecule is CC(C)(C)OC(=O)NCCOc1cccc(-c2ccnc(/C=C/c3ccccc3)n2)n1. The average molecular weight is 418 g/mol. The van der Waals surface area contributed by atoms with Crippen molar-refractivity contribution in [2.24, 2.45) is 0 Å². The average Bonchev–Trinajstić information content (AvgIpc) is 2.75. The van der Waals surface area contributed by atoms with Crippen LogP contribution in [0.25, 0.3) is 23.5 Å². The van der Waals surface area contributed by atoms with E-state index in [9.17, 15) is 4.79 Å². The number of amides is 1. The lowest BCUT2D eigenvalue weighted by atomic mass is 10.2. The first-order valence-electron chi connectivity index (χ1n) is 10.0. The summed E-state index contributed by atoms with van der Waals surface area (Å²) in [5, 5.41) is 2.65. The number of rotatable bonds is 7. The molecule has 2 aromatic heterocycles. The molecule has 3 aromatic rings. The van der Waals surface area contributed by atoms with Gasteiger partial charge < -0.3 is 14.8 Å². The molecule has 0 bridgehead atoms. The Morgan fingerprint density at radius 1 is 0.968 bits per heavy atom. The first-order valence-corrected chi connectivity index (χ1v) is 10.0. The summed E-state index contributed by atoms with van der Waals surface area (Å²) in [6.07, 6.45) is 5.05. The number of benzene rings is 1. The highest BCUT2D eigenvalue weighted by molar-refractivity contribution is 5.68. The number of carbonyl (C=O) groups excluding carboxylic acids is 1. The molecule has 3 rings (SSSR count). The largest absolute Gasteiger partial charge is 0.476 e. The summed E-state index contributed by atoms with van der Waals surface area (Å²) in [4.78, 5) is 25.0. The van der Waals surface area contributed by atoms with Gasteiger partial charge in [0.25, 0.3) is 0 Å². The topological polar surface area (TPSA) is 86.2 Å². The van der Waals surface area contributed by atoms with Crippen molar-refractivity contribution in [3.8, 4) is 17.3 Å². The van der Waals surface area contributed by atoms with Crippen molar-refractivity contribution >= 4 is 18.2 Å². The second-order valence-electron chi connectivity index (χ2n) is 7.68. The van der Waals surface area contributed by atoms with Crippen molar-refractivity contribution in [3.63, 3.8) is 0 Å². The van der Waals surface area contributed by atoms with Crippen LogP contribution in [0.4, 0.5) is 4.79 Å². The lowest BCUT2D eigenvalue weighted by Crippen LogP contribution is -2.34. The van der Waals surface area contributed by atoms with Crippen LogP contribution >= 0.6 is 0 Å². The fourth-order valence-electron chi connectivity index (χ4n) is 2.59. The highest BCUT2D eigenvalue weighted by Crippen LogP contribution is 2.18. The van der Waals surface area contributed by atoms with Crippen molar-refractivity contribution in [2.45, 2.75) is 26.4 Å². The molecule has 0 aliphatic rings. The fraction of sp³-hybridized carbons (Fsp3) is 0.250. The second-order valence-corrected chi connectivity index (χ2v) is 7.68. The Balaban J connectivity index is 1.58. The first kappa shape index (κ1) is 22.0. The zero-order chi connectivity index (χ0) is 22.1. The Morgan fingerprint density at radius 2 is 1.74 bits per heavy atom. The first-order chi connectivity index (χ1) is 14.9. The molecule has 2 heterocycles. The number of alkyl carbamates (subject to hydrolysis) is 1. The number of hydrogen-bond acceptors (Lipinski definition) is 6. The van der Waals surface area contributed by atoms with E-state index in [0.717, 1.165) is 5.56 Å². The minimum absolute atomic E-state index is 0.268. The van der Waals surface area contributed by atoms with Gasteiger partial charge in [0.05, 0.1) is 17.9 Å². The summed E-state index contributed by atoms with van der Waals surface area (Å²) in [7, 11) is 0. The van der Waals surface area contributed by atoms with Gasteiger partial charge in [-0.25, -0.2) is 19.7 Å². The molecule has 160 valence electrons. The number of nitrogens with one attached hydrogen (secondary N) is 1. The minimum Gasteiger partial charge on any atom is -0.476 e. The number of nitrogens with zero attached hydrogens (tertiary/aromatic N) is 3. The normalized spacial score (nSPS) is 11.3. The molecular formula is C24H26N4O3. The lowest BCUT2D eigenvalue weighted by molar-refractivity contribution is 0.0520. The summed E-state index contributed by atoms with van der Waals surface area (Å²) in [6, 6.07) is 17.2. The van der Waals surface area contributed by atoms with Crippen molar-refractivity contribution in [1.29, 1.82) is 0 Å². The number of hydrogen-bond donors (Lipinski definition) is 1. The van der Waals surface area contributed by atoms with Crippen LogP contribution in [0.15, 0.2) is 60.8 Å². The van der Waals surface area contributed by atoms with Crippen molar-refractivity contribution in [1.82, 2.24) is 20.3 Å². The molecule has 0 saturated carbocycles. The van der Waals surface area contributed by atoms with Crippen LogP contribution in [0, 0.1) is 0 Å². The Hall–Kier alpha value is -3.74. The van der Waals surface area contributed by atoms with E-state index in [1.807, 2.05) is 75.4 Å². The molecular weight excluding hydrogens is 392 g/mol. The summed E-state index contributed by atoms with van der Waals surface area (Å²) >= 11 is 0. The summed E-state index contributed by atoms with van der Waals surface area (Å²) in [5.74, 6) is 1.04. The quantitative estimate of drug-likeness (QED) is 0.564. The Morgan fingerprint density at radius 3 is 2.52 bits per heavy atom. The molecule has 7 heteroatoms. The predicted molar refractivity (Wildman–Crippen MR) is 120 cm³/mol. The molecule has 0 saturated heterocycles. The molecule has 0 unspecified atom stereocenters. The molecule has 1 N–H and O–H groups in total. The van der Waals surface area contributed by atoms with Crippen LogP contribution in [0.1, 0.15) is 32.2 Å². The van der Waals surface area contributed by atoms with E-state index in [1.165, 1.54) is 0 Å². The maximum absolute atomic E-state index is 11.7. The van der Waals surface area contributed by atoms with Crippen LogP contribution in [0.2, 0.25) is 0 Å². The second kappa shape index (κ2) is 10.3. The van der Waals surface area contributed by atoms with Crippen LogP contribution in [-0.2, 0) is 4.74 Å². The van der Waals surface area contributed by atoms with Gasteiger partial charge in [-0.2, -0.15) is 0 Å². The lowest BCUT2D eigenvalue weighted by Gasteiger charge is -2.19. The standard InChI is InChI=1S/C24H26N4O3/c1-24(2,3)31-23(29)26-16-17-30-22-11-7-10-19(28-22)20-14-15-25-21(27-20)13-12-18-8-5-4-6-9-18/h4-15H,16-17H2,1-3H3,(H,26,29)/b13-12+. The predicted octanol–water partition coefficient (Wildman–Crippen LogP) is 4.61.